The number of carbonyl (C=O) groups is 1. The number of hydrogen-bond donors (Lipinski definition) is 0. The van der Waals surface area contributed by atoms with E-state index in [2.05, 4.69) is 13.8 Å². The van der Waals surface area contributed by atoms with Crippen LogP contribution in [0.2, 0.25) is 0 Å². The van der Waals surface area contributed by atoms with Crippen molar-refractivity contribution in [1.82, 2.24) is 0 Å². The van der Waals surface area contributed by atoms with Gasteiger partial charge >= 0.3 is 0 Å². The van der Waals surface area contributed by atoms with Gasteiger partial charge in [-0.05, 0) is 24.5 Å². The van der Waals surface area contributed by atoms with Crippen LogP contribution in [0.4, 0.5) is 0 Å². The SMILES string of the molecule is COc1cccc(C(=O)CCCC(C)C)c1OC. The maximum absolute atomic E-state index is 12.1. The van der Waals surface area contributed by atoms with Gasteiger partial charge in [-0.3, -0.25) is 4.79 Å². The standard InChI is InChI=1S/C15H22O3/c1-11(2)7-5-9-13(16)12-8-6-10-14(17-3)15(12)18-4/h6,8,10-11H,5,7,9H2,1-4H3. The summed E-state index contributed by atoms with van der Waals surface area (Å²) in [6.07, 6.45) is 2.54. The van der Waals surface area contributed by atoms with Crippen molar-refractivity contribution in [3.63, 3.8) is 0 Å². The molecule has 0 aromatic heterocycles. The highest BCUT2D eigenvalue weighted by Gasteiger charge is 2.15. The summed E-state index contributed by atoms with van der Waals surface area (Å²) in [7, 11) is 3.13. The Morgan fingerprint density at radius 2 is 1.94 bits per heavy atom. The summed E-state index contributed by atoms with van der Waals surface area (Å²) in [6.45, 7) is 4.33. The lowest BCUT2D eigenvalue weighted by atomic mass is 10.0. The van der Waals surface area contributed by atoms with Crippen LogP contribution in [0.3, 0.4) is 0 Å². The Labute approximate surface area is 109 Å². The zero-order valence-electron chi connectivity index (χ0n) is 11.7. The normalized spacial score (nSPS) is 10.5. The van der Waals surface area contributed by atoms with Crippen molar-refractivity contribution < 1.29 is 14.3 Å². The number of Topliss-reactive ketones (excluding diaryl/α,β-unsaturated/α-hetero) is 1. The predicted octanol–water partition coefficient (Wildman–Crippen LogP) is 3.71. The van der Waals surface area contributed by atoms with E-state index < -0.39 is 0 Å². The molecule has 3 heteroatoms. The average molecular weight is 250 g/mol. The Morgan fingerprint density at radius 1 is 1.22 bits per heavy atom. The van der Waals surface area contributed by atoms with E-state index in [1.807, 2.05) is 6.07 Å². The second kappa shape index (κ2) is 7.04. The molecule has 0 saturated carbocycles. The summed E-state index contributed by atoms with van der Waals surface area (Å²) in [5.41, 5.74) is 0.612. The van der Waals surface area contributed by atoms with Crippen LogP contribution >= 0.6 is 0 Å². The van der Waals surface area contributed by atoms with Crippen LogP contribution in [0.25, 0.3) is 0 Å². The number of ether oxygens (including phenoxy) is 2. The smallest absolute Gasteiger partial charge is 0.171 e. The fraction of sp³-hybridized carbons (Fsp3) is 0.533. The number of benzene rings is 1. The largest absolute Gasteiger partial charge is 0.493 e. The number of para-hydroxylation sites is 1. The molecule has 0 bridgehead atoms. The number of rotatable bonds is 7. The van der Waals surface area contributed by atoms with Crippen molar-refractivity contribution in [2.45, 2.75) is 33.1 Å². The molecule has 1 aromatic rings. The molecule has 0 radical (unpaired) electrons. The van der Waals surface area contributed by atoms with Crippen LogP contribution in [0.15, 0.2) is 18.2 Å². The second-order valence-corrected chi connectivity index (χ2v) is 4.75. The van der Waals surface area contributed by atoms with Crippen LogP contribution in [0, 0.1) is 5.92 Å². The van der Waals surface area contributed by atoms with Gasteiger partial charge in [-0.2, -0.15) is 0 Å². The van der Waals surface area contributed by atoms with Gasteiger partial charge in [-0.1, -0.05) is 26.3 Å². The van der Waals surface area contributed by atoms with Crippen molar-refractivity contribution >= 4 is 5.78 Å². The van der Waals surface area contributed by atoms with Crippen LogP contribution in [0.1, 0.15) is 43.5 Å². The number of hydrogen-bond acceptors (Lipinski definition) is 3. The third-order valence-electron chi connectivity index (χ3n) is 2.89. The molecule has 0 saturated heterocycles. The van der Waals surface area contributed by atoms with Gasteiger partial charge in [0, 0.05) is 6.42 Å². The molecule has 3 nitrogen and oxygen atoms in total. The van der Waals surface area contributed by atoms with E-state index in [0.717, 1.165) is 12.8 Å². The maximum Gasteiger partial charge on any atom is 0.171 e. The van der Waals surface area contributed by atoms with Crippen molar-refractivity contribution in [3.8, 4) is 11.5 Å². The van der Waals surface area contributed by atoms with E-state index in [0.29, 0.717) is 29.4 Å². The zero-order valence-corrected chi connectivity index (χ0v) is 11.7. The Morgan fingerprint density at radius 3 is 2.50 bits per heavy atom. The molecule has 0 aliphatic heterocycles. The average Bonchev–Trinajstić information content (AvgIpc) is 2.36. The maximum atomic E-state index is 12.1. The zero-order chi connectivity index (χ0) is 13.5. The highest BCUT2D eigenvalue weighted by atomic mass is 16.5. The van der Waals surface area contributed by atoms with Crippen LogP contribution in [-0.4, -0.2) is 20.0 Å². The molecular formula is C15H22O3. The van der Waals surface area contributed by atoms with Gasteiger partial charge in [0.2, 0.25) is 0 Å². The lowest BCUT2D eigenvalue weighted by Gasteiger charge is -2.12. The van der Waals surface area contributed by atoms with E-state index in [4.69, 9.17) is 9.47 Å². The third-order valence-corrected chi connectivity index (χ3v) is 2.89. The van der Waals surface area contributed by atoms with Gasteiger partial charge in [0.25, 0.3) is 0 Å². The van der Waals surface area contributed by atoms with Crippen molar-refractivity contribution in [2.24, 2.45) is 5.92 Å². The lowest BCUT2D eigenvalue weighted by molar-refractivity contribution is 0.0974. The lowest BCUT2D eigenvalue weighted by Crippen LogP contribution is -2.04. The fourth-order valence-corrected chi connectivity index (χ4v) is 1.91. The van der Waals surface area contributed by atoms with Gasteiger partial charge in [0.05, 0.1) is 19.8 Å². The topological polar surface area (TPSA) is 35.5 Å². The molecule has 0 aliphatic carbocycles. The minimum absolute atomic E-state index is 0.117. The molecule has 0 N–H and O–H groups in total. The summed E-state index contributed by atoms with van der Waals surface area (Å²) < 4.78 is 10.5. The van der Waals surface area contributed by atoms with Gasteiger partial charge < -0.3 is 9.47 Å². The molecule has 100 valence electrons. The minimum atomic E-state index is 0.117. The molecule has 18 heavy (non-hydrogen) atoms. The molecule has 0 atom stereocenters. The molecule has 0 fully saturated rings. The van der Waals surface area contributed by atoms with Gasteiger partial charge in [0.1, 0.15) is 0 Å². The molecular weight excluding hydrogens is 228 g/mol. The summed E-state index contributed by atoms with van der Waals surface area (Å²) in [6, 6.07) is 5.40. The Bertz CT molecular complexity index is 397. The molecule has 1 aromatic carbocycles. The van der Waals surface area contributed by atoms with Crippen LogP contribution in [-0.2, 0) is 0 Å². The van der Waals surface area contributed by atoms with Crippen molar-refractivity contribution in [2.75, 3.05) is 14.2 Å². The molecule has 0 spiro atoms. The minimum Gasteiger partial charge on any atom is -0.493 e. The monoisotopic (exact) mass is 250 g/mol. The van der Waals surface area contributed by atoms with Crippen molar-refractivity contribution in [1.29, 1.82) is 0 Å². The second-order valence-electron chi connectivity index (χ2n) is 4.75. The van der Waals surface area contributed by atoms with Crippen LogP contribution < -0.4 is 9.47 Å². The first-order chi connectivity index (χ1) is 8.60. The molecule has 0 heterocycles. The van der Waals surface area contributed by atoms with Gasteiger partial charge in [-0.25, -0.2) is 0 Å². The summed E-state index contributed by atoms with van der Waals surface area (Å²) >= 11 is 0. The quantitative estimate of drug-likeness (QED) is 0.692. The fourth-order valence-electron chi connectivity index (χ4n) is 1.91. The Kier molecular flexibility index (Phi) is 5.69. The van der Waals surface area contributed by atoms with Crippen LogP contribution in [0.5, 0.6) is 11.5 Å². The molecule has 0 unspecified atom stereocenters. The molecule has 1 rings (SSSR count). The Hall–Kier alpha value is -1.51. The Balaban J connectivity index is 2.79. The summed E-state index contributed by atoms with van der Waals surface area (Å²) in [5.74, 6) is 1.89. The molecule has 0 aliphatic rings. The first kappa shape index (κ1) is 14.6. The van der Waals surface area contributed by atoms with E-state index in [9.17, 15) is 4.79 Å². The van der Waals surface area contributed by atoms with Crippen molar-refractivity contribution in [3.05, 3.63) is 23.8 Å². The first-order valence-corrected chi connectivity index (χ1v) is 6.34. The van der Waals surface area contributed by atoms with E-state index in [1.54, 1.807) is 26.4 Å². The molecule has 0 amide bonds. The van der Waals surface area contributed by atoms with E-state index >= 15 is 0 Å². The highest BCUT2D eigenvalue weighted by molar-refractivity contribution is 5.99. The predicted molar refractivity (Wildman–Crippen MR) is 72.6 cm³/mol. The number of ketones is 1. The first-order valence-electron chi connectivity index (χ1n) is 6.34. The third kappa shape index (κ3) is 3.76. The summed E-state index contributed by atoms with van der Waals surface area (Å²) in [5, 5.41) is 0. The highest BCUT2D eigenvalue weighted by Crippen LogP contribution is 2.31. The summed E-state index contributed by atoms with van der Waals surface area (Å²) in [4.78, 5) is 12.1. The van der Waals surface area contributed by atoms with Gasteiger partial charge in [-0.15, -0.1) is 0 Å². The van der Waals surface area contributed by atoms with Gasteiger partial charge in [0.15, 0.2) is 17.3 Å². The van der Waals surface area contributed by atoms with E-state index in [-0.39, 0.29) is 5.78 Å². The number of methoxy groups -OCH3 is 2. The van der Waals surface area contributed by atoms with E-state index in [1.165, 1.54) is 0 Å². The number of carbonyl (C=O) groups excluding carboxylic acids is 1.